The number of piperidine rings is 1. The smallest absolute Gasteiger partial charge is 0.274 e. The maximum absolute atomic E-state index is 13.6. The summed E-state index contributed by atoms with van der Waals surface area (Å²) in [6, 6.07) is 25.5. The van der Waals surface area contributed by atoms with Gasteiger partial charge in [0.05, 0.1) is 0 Å². The van der Waals surface area contributed by atoms with E-state index < -0.39 is 0 Å². The number of H-pyrrole nitrogens is 1. The van der Waals surface area contributed by atoms with Crippen molar-refractivity contribution >= 4 is 22.6 Å². The van der Waals surface area contributed by atoms with Crippen molar-refractivity contribution in [1.82, 2.24) is 9.88 Å². The second kappa shape index (κ2) is 6.94. The van der Waals surface area contributed by atoms with Gasteiger partial charge in [-0.2, -0.15) is 0 Å². The second-order valence-corrected chi connectivity index (χ2v) is 9.43. The molecule has 1 saturated carbocycles. The highest BCUT2D eigenvalue weighted by Crippen LogP contribution is 2.66. The average molecular weight is 447 g/mol. The largest absolute Gasteiger partial charge is 0.489 e. The van der Waals surface area contributed by atoms with Gasteiger partial charge >= 0.3 is 0 Å². The number of likely N-dealkylation sites (tertiary alicyclic amines) is 1. The van der Waals surface area contributed by atoms with Crippen molar-refractivity contribution < 1.29 is 14.3 Å². The molecule has 1 saturated heterocycles. The lowest BCUT2D eigenvalue weighted by molar-refractivity contribution is 0.0806. The van der Waals surface area contributed by atoms with Gasteiger partial charge in [-0.3, -0.25) is 9.59 Å². The Morgan fingerprint density at radius 3 is 2.74 bits per heavy atom. The van der Waals surface area contributed by atoms with Crippen molar-refractivity contribution in [2.75, 3.05) is 6.54 Å². The zero-order valence-electron chi connectivity index (χ0n) is 18.5. The first-order chi connectivity index (χ1) is 16.6. The van der Waals surface area contributed by atoms with Crippen LogP contribution in [0, 0.1) is 5.92 Å². The van der Waals surface area contributed by atoms with Crippen LogP contribution >= 0.6 is 0 Å². The SMILES string of the molecule is O=C1C=C2N(C(=O)c3cc4cc(OCc5ccccc5)ccc4[nH]3)C[C@H]3C[C@@]23c2ccccc21. The van der Waals surface area contributed by atoms with E-state index in [1.807, 2.05) is 78.9 Å². The van der Waals surface area contributed by atoms with E-state index in [4.69, 9.17) is 4.74 Å². The van der Waals surface area contributed by atoms with E-state index in [2.05, 4.69) is 4.98 Å². The van der Waals surface area contributed by atoms with Crippen LogP contribution in [0.25, 0.3) is 10.9 Å². The summed E-state index contributed by atoms with van der Waals surface area (Å²) in [5.74, 6) is 1.03. The minimum atomic E-state index is -0.176. The van der Waals surface area contributed by atoms with Crippen molar-refractivity contribution in [1.29, 1.82) is 0 Å². The Labute approximate surface area is 196 Å². The third kappa shape index (κ3) is 2.73. The summed E-state index contributed by atoms with van der Waals surface area (Å²) in [5, 5.41) is 0.923. The number of aromatic nitrogens is 1. The first-order valence-corrected chi connectivity index (χ1v) is 11.6. The minimum absolute atomic E-state index is 0.0153. The van der Waals surface area contributed by atoms with Gasteiger partial charge < -0.3 is 14.6 Å². The molecule has 0 bridgehead atoms. The van der Waals surface area contributed by atoms with Crippen LogP contribution < -0.4 is 4.74 Å². The lowest BCUT2D eigenvalue weighted by Crippen LogP contribution is -2.33. The van der Waals surface area contributed by atoms with Gasteiger partial charge in [-0.25, -0.2) is 0 Å². The van der Waals surface area contributed by atoms with Crippen molar-refractivity contribution in [3.05, 3.63) is 113 Å². The van der Waals surface area contributed by atoms with Crippen LogP contribution in [0.5, 0.6) is 5.75 Å². The molecule has 3 aromatic carbocycles. The number of aromatic amines is 1. The molecule has 2 heterocycles. The van der Waals surface area contributed by atoms with Crippen LogP contribution in [-0.2, 0) is 12.0 Å². The molecule has 2 atom stereocenters. The molecule has 1 aliphatic heterocycles. The molecule has 0 radical (unpaired) electrons. The number of allylic oxidation sites excluding steroid dienone is 2. The van der Waals surface area contributed by atoms with Gasteiger partial charge in [0.25, 0.3) is 5.91 Å². The number of ketones is 1. The Morgan fingerprint density at radius 2 is 1.85 bits per heavy atom. The van der Waals surface area contributed by atoms with Crippen LogP contribution in [0.2, 0.25) is 0 Å². The predicted octanol–water partition coefficient (Wildman–Crippen LogP) is 5.24. The van der Waals surface area contributed by atoms with Crippen molar-refractivity contribution in [2.45, 2.75) is 18.4 Å². The van der Waals surface area contributed by atoms with Crippen molar-refractivity contribution in [3.63, 3.8) is 0 Å². The molecule has 7 rings (SSSR count). The fraction of sp³-hybridized carbons (Fsp3) is 0.172. The number of hydrogen-bond acceptors (Lipinski definition) is 3. The van der Waals surface area contributed by atoms with Gasteiger partial charge in [0.15, 0.2) is 5.78 Å². The third-order valence-corrected chi connectivity index (χ3v) is 7.51. The number of ether oxygens (including phenoxy) is 1. The Kier molecular flexibility index (Phi) is 3.95. The van der Waals surface area contributed by atoms with E-state index in [-0.39, 0.29) is 17.1 Å². The maximum atomic E-state index is 13.6. The summed E-state index contributed by atoms with van der Waals surface area (Å²) in [6.07, 6.45) is 2.69. The van der Waals surface area contributed by atoms with Crippen LogP contribution in [0.3, 0.4) is 0 Å². The van der Waals surface area contributed by atoms with Crippen LogP contribution in [0.1, 0.15) is 38.4 Å². The Hall–Kier alpha value is -4.12. The summed E-state index contributed by atoms with van der Waals surface area (Å²) >= 11 is 0. The fourth-order valence-electron chi connectivity index (χ4n) is 5.78. The number of carbonyl (C=O) groups is 2. The molecule has 5 nitrogen and oxygen atoms in total. The Morgan fingerprint density at radius 1 is 1.03 bits per heavy atom. The molecule has 2 fully saturated rings. The number of nitrogens with one attached hydrogen (secondary N) is 1. The van der Waals surface area contributed by atoms with Crippen LogP contribution in [-0.4, -0.2) is 28.1 Å². The molecule has 0 unspecified atom stereocenters. The number of nitrogens with zero attached hydrogens (tertiary/aromatic N) is 1. The zero-order valence-corrected chi connectivity index (χ0v) is 18.5. The molecule has 1 N–H and O–H groups in total. The average Bonchev–Trinajstić information content (AvgIpc) is 3.26. The summed E-state index contributed by atoms with van der Waals surface area (Å²) < 4.78 is 5.95. The molecule has 2 aliphatic carbocycles. The molecular formula is C29H22N2O3. The standard InChI is InChI=1S/C29H22N2O3/c32-26-14-27-29(23-9-5-4-8-22(23)26)15-20(29)16-31(27)28(33)25-13-19-12-21(10-11-24(19)30-25)34-17-18-6-2-1-3-7-18/h1-14,20,30H,15-17H2/t20-,29-/m1/s1. The van der Waals surface area contributed by atoms with Crippen LogP contribution in [0.4, 0.5) is 0 Å². The van der Waals surface area contributed by atoms with E-state index in [9.17, 15) is 9.59 Å². The highest BCUT2D eigenvalue weighted by molar-refractivity contribution is 6.10. The van der Waals surface area contributed by atoms with Gasteiger partial charge in [-0.1, -0.05) is 54.6 Å². The second-order valence-electron chi connectivity index (χ2n) is 9.43. The summed E-state index contributed by atoms with van der Waals surface area (Å²) in [5.41, 5.74) is 5.05. The fourth-order valence-corrected chi connectivity index (χ4v) is 5.78. The molecule has 5 heteroatoms. The molecule has 3 aliphatic rings. The number of amides is 1. The maximum Gasteiger partial charge on any atom is 0.274 e. The molecular weight excluding hydrogens is 424 g/mol. The summed E-state index contributed by atoms with van der Waals surface area (Å²) in [7, 11) is 0. The monoisotopic (exact) mass is 446 g/mol. The van der Waals surface area contributed by atoms with Gasteiger partial charge in [-0.05, 0) is 47.7 Å². The highest BCUT2D eigenvalue weighted by Gasteiger charge is 2.67. The van der Waals surface area contributed by atoms with Gasteiger partial charge in [0.2, 0.25) is 0 Å². The predicted molar refractivity (Wildman–Crippen MR) is 129 cm³/mol. The van der Waals surface area contributed by atoms with Gasteiger partial charge in [-0.15, -0.1) is 0 Å². The first-order valence-electron chi connectivity index (χ1n) is 11.6. The third-order valence-electron chi connectivity index (χ3n) is 7.51. The normalized spacial score (nSPS) is 22.1. The molecule has 4 aromatic rings. The molecule has 34 heavy (non-hydrogen) atoms. The minimum Gasteiger partial charge on any atom is -0.489 e. The van der Waals surface area contributed by atoms with Gasteiger partial charge in [0.1, 0.15) is 18.1 Å². The molecule has 1 spiro atoms. The molecule has 1 aromatic heterocycles. The number of benzene rings is 3. The number of fused-ring (bicyclic) bond motifs is 2. The topological polar surface area (TPSA) is 62.4 Å². The molecule has 1 amide bonds. The number of hydrogen-bond donors (Lipinski definition) is 1. The lowest BCUT2D eigenvalue weighted by atomic mass is 9.81. The van der Waals surface area contributed by atoms with E-state index in [0.29, 0.717) is 24.8 Å². The number of rotatable bonds is 4. The van der Waals surface area contributed by atoms with Crippen molar-refractivity contribution in [2.24, 2.45) is 5.92 Å². The summed E-state index contributed by atoms with van der Waals surface area (Å²) in [4.78, 5) is 31.4. The summed E-state index contributed by atoms with van der Waals surface area (Å²) in [6.45, 7) is 1.14. The highest BCUT2D eigenvalue weighted by atomic mass is 16.5. The van der Waals surface area contributed by atoms with E-state index in [1.165, 1.54) is 0 Å². The Bertz CT molecular complexity index is 1520. The van der Waals surface area contributed by atoms with E-state index >= 15 is 0 Å². The molecule has 166 valence electrons. The zero-order chi connectivity index (χ0) is 22.9. The van der Waals surface area contributed by atoms with E-state index in [1.54, 1.807) is 11.0 Å². The van der Waals surface area contributed by atoms with E-state index in [0.717, 1.165) is 45.5 Å². The lowest BCUT2D eigenvalue weighted by Gasteiger charge is -2.29. The van der Waals surface area contributed by atoms with Gasteiger partial charge in [0, 0.05) is 40.2 Å². The van der Waals surface area contributed by atoms with Crippen LogP contribution in [0.15, 0.2) is 90.6 Å². The Balaban J connectivity index is 1.17. The van der Waals surface area contributed by atoms with Crippen molar-refractivity contribution in [3.8, 4) is 5.75 Å². The first kappa shape index (κ1) is 19.4. The number of carbonyl (C=O) groups excluding carboxylic acids is 2. The quantitative estimate of drug-likeness (QED) is 0.466.